The number of aromatic nitrogens is 1. The molecule has 6 heteroatoms. The molecule has 5 nitrogen and oxygen atoms in total. The second-order valence-electron chi connectivity index (χ2n) is 3.81. The lowest BCUT2D eigenvalue weighted by atomic mass is 10.3. The maximum Gasteiger partial charge on any atom is 0.240 e. The smallest absolute Gasteiger partial charge is 0.240 e. The molecule has 2 heterocycles. The van der Waals surface area contributed by atoms with Gasteiger partial charge >= 0.3 is 0 Å². The molecule has 2 rings (SSSR count). The van der Waals surface area contributed by atoms with Gasteiger partial charge in [-0.2, -0.15) is 0 Å². The fourth-order valence-corrected chi connectivity index (χ4v) is 2.39. The van der Waals surface area contributed by atoms with E-state index in [-0.39, 0.29) is 11.8 Å². The summed E-state index contributed by atoms with van der Waals surface area (Å²) >= 11 is 1.62. The summed E-state index contributed by atoms with van der Waals surface area (Å²) in [6, 6.07) is 0. The minimum atomic E-state index is -0.216. The quantitative estimate of drug-likeness (QED) is 0.751. The van der Waals surface area contributed by atoms with Gasteiger partial charge in [0.2, 0.25) is 11.8 Å². The second-order valence-corrected chi connectivity index (χ2v) is 4.76. The van der Waals surface area contributed by atoms with Gasteiger partial charge in [0.15, 0.2) is 0 Å². The summed E-state index contributed by atoms with van der Waals surface area (Å²) in [5, 5.41) is 5.33. The Morgan fingerprint density at radius 2 is 2.12 bits per heavy atom. The Morgan fingerprint density at radius 1 is 1.44 bits per heavy atom. The highest BCUT2D eigenvalue weighted by molar-refractivity contribution is 7.09. The predicted molar refractivity (Wildman–Crippen MR) is 60.1 cm³/mol. The number of hydrogen-bond acceptors (Lipinski definition) is 5. The molecule has 0 saturated carbocycles. The number of hydrogen-bond donors (Lipinski definition) is 1. The zero-order chi connectivity index (χ0) is 11.5. The van der Waals surface area contributed by atoms with Crippen molar-refractivity contribution >= 4 is 23.2 Å². The molecule has 86 valence electrons. The number of thiazole rings is 1. The lowest BCUT2D eigenvalue weighted by molar-refractivity contribution is -0.135. The molecule has 1 aromatic heterocycles. The van der Waals surface area contributed by atoms with Crippen molar-refractivity contribution in [3.63, 3.8) is 0 Å². The Bertz CT molecular complexity index is 400. The predicted octanol–water partition coefficient (Wildman–Crippen LogP) is -0.0476. The molecule has 1 aliphatic heterocycles. The Morgan fingerprint density at radius 3 is 2.69 bits per heavy atom. The fourth-order valence-electron chi connectivity index (χ4n) is 1.63. The van der Waals surface area contributed by atoms with Crippen LogP contribution in [0.3, 0.4) is 0 Å². The summed E-state index contributed by atoms with van der Waals surface area (Å²) in [6.07, 6.45) is 0.791. The van der Waals surface area contributed by atoms with Crippen LogP contribution < -0.4 is 5.32 Å². The van der Waals surface area contributed by atoms with E-state index in [4.69, 9.17) is 0 Å². The third-order valence-corrected chi connectivity index (χ3v) is 3.35. The first-order chi connectivity index (χ1) is 7.63. The number of amides is 2. The van der Waals surface area contributed by atoms with Gasteiger partial charge in [-0.25, -0.2) is 4.98 Å². The molecule has 0 bridgehead atoms. The van der Waals surface area contributed by atoms with Crippen molar-refractivity contribution in [3.8, 4) is 0 Å². The maximum absolute atomic E-state index is 11.1. The van der Waals surface area contributed by atoms with Gasteiger partial charge in [0, 0.05) is 24.0 Å². The third kappa shape index (κ3) is 2.86. The monoisotopic (exact) mass is 239 g/mol. The average molecular weight is 239 g/mol. The number of carbonyl (C=O) groups excluding carboxylic acids is 2. The summed E-state index contributed by atoms with van der Waals surface area (Å²) in [5.74, 6) is -0.432. The lowest BCUT2D eigenvalue weighted by Gasteiger charge is -2.24. The van der Waals surface area contributed by atoms with E-state index in [1.54, 1.807) is 11.3 Å². The van der Waals surface area contributed by atoms with Gasteiger partial charge in [0.05, 0.1) is 18.1 Å². The molecule has 1 fully saturated rings. The zero-order valence-electron chi connectivity index (χ0n) is 9.02. The molecule has 2 amide bonds. The lowest BCUT2D eigenvalue weighted by Crippen LogP contribution is -2.51. The molecule has 1 N–H and O–H groups in total. The second kappa shape index (κ2) is 4.71. The number of nitrogens with one attached hydrogen (secondary N) is 1. The van der Waals surface area contributed by atoms with E-state index in [1.807, 2.05) is 17.2 Å². The van der Waals surface area contributed by atoms with Gasteiger partial charge < -0.3 is 0 Å². The summed E-state index contributed by atoms with van der Waals surface area (Å²) in [7, 11) is 0. The van der Waals surface area contributed by atoms with Crippen molar-refractivity contribution in [1.29, 1.82) is 0 Å². The molecule has 0 aromatic carbocycles. The largest absolute Gasteiger partial charge is 0.294 e. The highest BCUT2D eigenvalue weighted by Crippen LogP contribution is 2.10. The first kappa shape index (κ1) is 11.2. The molecule has 0 aliphatic carbocycles. The third-order valence-electron chi connectivity index (χ3n) is 2.32. The number of carbonyl (C=O) groups is 2. The average Bonchev–Trinajstić information content (AvgIpc) is 2.60. The van der Waals surface area contributed by atoms with Gasteiger partial charge in [-0.05, 0) is 6.92 Å². The van der Waals surface area contributed by atoms with Crippen molar-refractivity contribution < 1.29 is 9.59 Å². The highest BCUT2D eigenvalue weighted by Gasteiger charge is 2.21. The summed E-state index contributed by atoms with van der Waals surface area (Å²) in [4.78, 5) is 28.4. The van der Waals surface area contributed by atoms with Crippen LogP contribution in [-0.4, -0.2) is 41.3 Å². The van der Waals surface area contributed by atoms with Gasteiger partial charge in [0.1, 0.15) is 0 Å². The Hall–Kier alpha value is -1.27. The van der Waals surface area contributed by atoms with Crippen molar-refractivity contribution in [2.45, 2.75) is 13.3 Å². The SMILES string of the molecule is Cc1csc(CCN2CC(=O)NC(=O)C2)n1. The minimum Gasteiger partial charge on any atom is -0.294 e. The molecule has 0 spiro atoms. The summed E-state index contributed by atoms with van der Waals surface area (Å²) < 4.78 is 0. The summed E-state index contributed by atoms with van der Waals surface area (Å²) in [6.45, 7) is 3.26. The number of aryl methyl sites for hydroxylation is 1. The van der Waals surface area contributed by atoms with Crippen LogP contribution in [0, 0.1) is 6.92 Å². The Labute approximate surface area is 97.5 Å². The van der Waals surface area contributed by atoms with Crippen LogP contribution in [-0.2, 0) is 16.0 Å². The molecule has 1 saturated heterocycles. The van der Waals surface area contributed by atoms with Crippen LogP contribution in [0.4, 0.5) is 0 Å². The Kier molecular flexibility index (Phi) is 3.31. The van der Waals surface area contributed by atoms with E-state index >= 15 is 0 Å². The molecular formula is C10H13N3O2S. The van der Waals surface area contributed by atoms with E-state index in [9.17, 15) is 9.59 Å². The van der Waals surface area contributed by atoms with Crippen LogP contribution in [0.25, 0.3) is 0 Å². The van der Waals surface area contributed by atoms with Gasteiger partial charge in [-0.3, -0.25) is 19.8 Å². The van der Waals surface area contributed by atoms with E-state index in [0.717, 1.165) is 17.1 Å². The Balaban J connectivity index is 1.85. The van der Waals surface area contributed by atoms with Crippen LogP contribution in [0.15, 0.2) is 5.38 Å². The zero-order valence-corrected chi connectivity index (χ0v) is 9.84. The molecular weight excluding hydrogens is 226 g/mol. The maximum atomic E-state index is 11.1. The summed E-state index contributed by atoms with van der Waals surface area (Å²) in [5.41, 5.74) is 1.02. The van der Waals surface area contributed by atoms with Gasteiger partial charge in [-0.1, -0.05) is 0 Å². The van der Waals surface area contributed by atoms with Gasteiger partial charge in [0.25, 0.3) is 0 Å². The topological polar surface area (TPSA) is 62.3 Å². The molecule has 1 aliphatic rings. The molecule has 0 unspecified atom stereocenters. The molecule has 16 heavy (non-hydrogen) atoms. The van der Waals surface area contributed by atoms with Crippen LogP contribution in [0.1, 0.15) is 10.7 Å². The number of rotatable bonds is 3. The first-order valence-corrected chi connectivity index (χ1v) is 5.97. The van der Waals surface area contributed by atoms with E-state index in [2.05, 4.69) is 10.3 Å². The number of imide groups is 1. The highest BCUT2D eigenvalue weighted by atomic mass is 32.1. The first-order valence-electron chi connectivity index (χ1n) is 5.09. The van der Waals surface area contributed by atoms with Gasteiger partial charge in [-0.15, -0.1) is 11.3 Å². The molecule has 0 atom stereocenters. The van der Waals surface area contributed by atoms with E-state index in [0.29, 0.717) is 19.6 Å². The fraction of sp³-hybridized carbons (Fsp3) is 0.500. The molecule has 0 radical (unpaired) electrons. The van der Waals surface area contributed by atoms with E-state index in [1.165, 1.54) is 0 Å². The minimum absolute atomic E-state index is 0.216. The van der Waals surface area contributed by atoms with Crippen molar-refractivity contribution in [3.05, 3.63) is 16.1 Å². The van der Waals surface area contributed by atoms with Crippen molar-refractivity contribution in [1.82, 2.24) is 15.2 Å². The normalized spacial score (nSPS) is 17.6. The van der Waals surface area contributed by atoms with Crippen molar-refractivity contribution in [2.24, 2.45) is 0 Å². The van der Waals surface area contributed by atoms with Crippen molar-refractivity contribution in [2.75, 3.05) is 19.6 Å². The number of nitrogens with zero attached hydrogens (tertiary/aromatic N) is 2. The molecule has 1 aromatic rings. The van der Waals surface area contributed by atoms with E-state index < -0.39 is 0 Å². The standard InChI is InChI=1S/C10H13N3O2S/c1-7-6-16-10(11-7)2-3-13-4-8(14)12-9(15)5-13/h6H,2-5H2,1H3,(H,12,14,15). The van der Waals surface area contributed by atoms with Crippen LogP contribution in [0.2, 0.25) is 0 Å². The number of piperazine rings is 1. The van der Waals surface area contributed by atoms with Crippen LogP contribution >= 0.6 is 11.3 Å². The van der Waals surface area contributed by atoms with Crippen LogP contribution in [0.5, 0.6) is 0 Å².